The molecule has 8 heteroatoms. The van der Waals surface area contributed by atoms with Crippen LogP contribution in [0.3, 0.4) is 0 Å². The minimum absolute atomic E-state index is 0.0947. The molecular weight excluding hydrogens is 452 g/mol. The molecule has 3 atom stereocenters. The van der Waals surface area contributed by atoms with Crippen LogP contribution in [0, 0.1) is 5.92 Å². The lowest BCUT2D eigenvalue weighted by molar-refractivity contribution is 0.0964. The highest BCUT2D eigenvalue weighted by molar-refractivity contribution is 6.06. The maximum absolute atomic E-state index is 12.3. The van der Waals surface area contributed by atoms with Crippen LogP contribution in [-0.4, -0.2) is 46.5 Å². The van der Waals surface area contributed by atoms with Gasteiger partial charge >= 0.3 is 0 Å². The monoisotopic (exact) mass is 484 g/mol. The Morgan fingerprint density at radius 3 is 2.58 bits per heavy atom. The minimum atomic E-state index is -0.112. The van der Waals surface area contributed by atoms with Crippen molar-refractivity contribution in [3.63, 3.8) is 0 Å². The van der Waals surface area contributed by atoms with E-state index in [2.05, 4.69) is 50.5 Å². The number of carbonyl (C=O) groups excluding carboxylic acids is 1. The maximum atomic E-state index is 12.3. The van der Waals surface area contributed by atoms with E-state index < -0.39 is 0 Å². The molecule has 4 aromatic rings. The Morgan fingerprint density at radius 1 is 1.00 bits per heavy atom. The van der Waals surface area contributed by atoms with E-state index in [9.17, 15) is 4.79 Å². The highest BCUT2D eigenvalue weighted by Gasteiger charge is 2.19. The number of pyridine rings is 2. The topological polar surface area (TPSA) is 102 Å². The van der Waals surface area contributed by atoms with Crippen molar-refractivity contribution >= 4 is 22.6 Å². The van der Waals surface area contributed by atoms with E-state index >= 15 is 0 Å². The van der Waals surface area contributed by atoms with E-state index in [1.165, 1.54) is 0 Å². The fourth-order valence-corrected chi connectivity index (χ4v) is 4.21. The predicted octanol–water partition coefficient (Wildman–Crippen LogP) is 5.01. The molecule has 0 fully saturated rings. The number of rotatable bonds is 9. The van der Waals surface area contributed by atoms with Crippen LogP contribution in [-0.2, 0) is 4.74 Å². The van der Waals surface area contributed by atoms with Gasteiger partial charge < -0.3 is 15.4 Å². The molecule has 0 radical (unpaired) electrons. The highest BCUT2D eigenvalue weighted by atomic mass is 16.5. The number of fused-ring (bicyclic) bond motifs is 1. The molecule has 0 bridgehead atoms. The lowest BCUT2D eigenvalue weighted by Gasteiger charge is -2.22. The number of hydrogen-bond donors (Lipinski definition) is 2. The summed E-state index contributed by atoms with van der Waals surface area (Å²) in [5.41, 5.74) is 5.25. The van der Waals surface area contributed by atoms with Crippen molar-refractivity contribution in [3.05, 3.63) is 78.0 Å². The third-order valence-corrected chi connectivity index (χ3v) is 6.74. The zero-order chi connectivity index (χ0) is 25.7. The number of para-hydroxylation sites is 1. The smallest absolute Gasteiger partial charge is 0.251 e. The molecule has 8 nitrogen and oxygen atoms in total. The summed E-state index contributed by atoms with van der Waals surface area (Å²) in [6, 6.07) is 13.7. The van der Waals surface area contributed by atoms with Gasteiger partial charge in [-0.1, -0.05) is 32.0 Å². The van der Waals surface area contributed by atoms with E-state index in [1.807, 2.05) is 37.3 Å². The lowest BCUT2D eigenvalue weighted by atomic mass is 9.87. The average Bonchev–Trinajstić information content (AvgIpc) is 2.94. The van der Waals surface area contributed by atoms with Gasteiger partial charge in [-0.25, -0.2) is 9.97 Å². The van der Waals surface area contributed by atoms with Crippen molar-refractivity contribution in [2.45, 2.75) is 32.8 Å². The first-order valence-electron chi connectivity index (χ1n) is 12.1. The Bertz CT molecular complexity index is 1360. The molecule has 3 heterocycles. The highest BCUT2D eigenvalue weighted by Crippen LogP contribution is 2.31. The van der Waals surface area contributed by atoms with E-state index in [0.29, 0.717) is 12.1 Å². The van der Waals surface area contributed by atoms with Gasteiger partial charge in [0.25, 0.3) is 5.91 Å². The number of aromatic nitrogens is 4. The molecular formula is C28H32N6O2. The van der Waals surface area contributed by atoms with Gasteiger partial charge in [0, 0.05) is 50.1 Å². The number of methoxy groups -OCH3 is 1. The first kappa shape index (κ1) is 25.2. The Hall–Kier alpha value is -3.91. The van der Waals surface area contributed by atoms with Gasteiger partial charge in [0.1, 0.15) is 12.1 Å². The van der Waals surface area contributed by atoms with Crippen LogP contribution < -0.4 is 10.6 Å². The zero-order valence-electron chi connectivity index (χ0n) is 21.3. The normalized spacial score (nSPS) is 13.7. The van der Waals surface area contributed by atoms with Crippen molar-refractivity contribution in [1.82, 2.24) is 25.3 Å². The Balaban J connectivity index is 1.50. The van der Waals surface area contributed by atoms with Gasteiger partial charge in [0.15, 0.2) is 0 Å². The number of ether oxygens (including phenoxy) is 1. The maximum Gasteiger partial charge on any atom is 0.251 e. The summed E-state index contributed by atoms with van der Waals surface area (Å²) >= 11 is 0. The predicted molar refractivity (Wildman–Crippen MR) is 142 cm³/mol. The number of amides is 1. The molecule has 4 rings (SSSR count). The van der Waals surface area contributed by atoms with E-state index in [-0.39, 0.29) is 23.8 Å². The summed E-state index contributed by atoms with van der Waals surface area (Å²) in [5.74, 6) is 1.12. The zero-order valence-corrected chi connectivity index (χ0v) is 21.3. The Morgan fingerprint density at radius 2 is 1.81 bits per heavy atom. The van der Waals surface area contributed by atoms with Gasteiger partial charge in [-0.2, -0.15) is 0 Å². The summed E-state index contributed by atoms with van der Waals surface area (Å²) in [7, 11) is 3.31. The summed E-state index contributed by atoms with van der Waals surface area (Å²) < 4.78 is 5.39. The van der Waals surface area contributed by atoms with Crippen molar-refractivity contribution in [2.24, 2.45) is 5.92 Å². The molecule has 1 amide bonds. The van der Waals surface area contributed by atoms with Gasteiger partial charge in [-0.15, -0.1) is 0 Å². The number of nitrogens with zero attached hydrogens (tertiary/aromatic N) is 4. The first-order valence-corrected chi connectivity index (χ1v) is 12.1. The quantitative estimate of drug-likeness (QED) is 0.344. The molecule has 0 aliphatic heterocycles. The molecule has 0 saturated carbocycles. The second kappa shape index (κ2) is 11.2. The molecule has 0 aliphatic rings. The molecule has 0 saturated heterocycles. The summed E-state index contributed by atoms with van der Waals surface area (Å²) in [6.45, 7) is 7.07. The molecule has 186 valence electrons. The minimum Gasteiger partial charge on any atom is -0.375 e. The van der Waals surface area contributed by atoms with Crippen LogP contribution in [0.15, 0.2) is 61.2 Å². The van der Waals surface area contributed by atoms with Gasteiger partial charge in [-0.05, 0) is 42.5 Å². The molecule has 3 aromatic heterocycles. The van der Waals surface area contributed by atoms with Crippen LogP contribution in [0.4, 0.5) is 5.82 Å². The largest absolute Gasteiger partial charge is 0.375 e. The van der Waals surface area contributed by atoms with Gasteiger partial charge in [0.2, 0.25) is 0 Å². The van der Waals surface area contributed by atoms with Crippen LogP contribution in [0.1, 0.15) is 54.4 Å². The fraction of sp³-hybridized carbons (Fsp3) is 0.321. The molecule has 36 heavy (non-hydrogen) atoms. The lowest BCUT2D eigenvalue weighted by Crippen LogP contribution is -2.19. The second-order valence-corrected chi connectivity index (χ2v) is 8.96. The molecule has 1 aromatic carbocycles. The van der Waals surface area contributed by atoms with Crippen molar-refractivity contribution in [3.8, 4) is 11.3 Å². The second-order valence-electron chi connectivity index (χ2n) is 8.96. The van der Waals surface area contributed by atoms with Crippen LogP contribution in [0.25, 0.3) is 22.2 Å². The molecule has 2 N–H and O–H groups in total. The number of benzene rings is 1. The van der Waals surface area contributed by atoms with E-state index in [4.69, 9.17) is 4.74 Å². The van der Waals surface area contributed by atoms with Gasteiger partial charge in [-0.3, -0.25) is 14.8 Å². The van der Waals surface area contributed by atoms with Gasteiger partial charge in [0.05, 0.1) is 28.6 Å². The van der Waals surface area contributed by atoms with Crippen LogP contribution in [0.2, 0.25) is 0 Å². The molecule has 0 aliphatic carbocycles. The summed E-state index contributed by atoms with van der Waals surface area (Å²) in [6.07, 6.45) is 4.95. The average molecular weight is 485 g/mol. The van der Waals surface area contributed by atoms with Crippen molar-refractivity contribution in [1.29, 1.82) is 0 Å². The molecule has 1 unspecified atom stereocenters. The summed E-state index contributed by atoms with van der Waals surface area (Å²) in [4.78, 5) is 30.2. The number of anilines is 1. The number of nitrogens with one attached hydrogen (secondary N) is 2. The first-order chi connectivity index (χ1) is 17.4. The summed E-state index contributed by atoms with van der Waals surface area (Å²) in [5, 5.41) is 7.04. The Kier molecular flexibility index (Phi) is 7.85. The standard InChI is InChI=1S/C28H32N6O2/c1-17(18(2)21-7-6-8-22-23(28(35)29-4)10-12-31-27(21)22)15-32-26-14-25(33-16-34-26)20-9-11-30-24(13-20)19(3)36-5/h6-14,16-19H,15H2,1-5H3,(H,29,35)(H,32,33,34)/t17-,18?,19-/m1/s1. The Labute approximate surface area is 211 Å². The molecule has 0 spiro atoms. The van der Waals surface area contributed by atoms with E-state index in [0.717, 1.165) is 39.2 Å². The van der Waals surface area contributed by atoms with Crippen molar-refractivity contribution in [2.75, 3.05) is 26.0 Å². The third-order valence-electron chi connectivity index (χ3n) is 6.74. The number of carbonyl (C=O) groups is 1. The van der Waals surface area contributed by atoms with Crippen LogP contribution in [0.5, 0.6) is 0 Å². The van der Waals surface area contributed by atoms with Crippen LogP contribution >= 0.6 is 0 Å². The van der Waals surface area contributed by atoms with E-state index in [1.54, 1.807) is 38.9 Å². The number of hydrogen-bond acceptors (Lipinski definition) is 7. The fourth-order valence-electron chi connectivity index (χ4n) is 4.21. The SMILES string of the molecule is CNC(=O)c1ccnc2c(C(C)[C@H](C)CNc3cc(-c4ccnc([C@@H](C)OC)c4)ncn3)cccc12. The third kappa shape index (κ3) is 5.33. The van der Waals surface area contributed by atoms with Crippen molar-refractivity contribution < 1.29 is 9.53 Å².